The Hall–Kier alpha value is -1.88. The van der Waals surface area contributed by atoms with Gasteiger partial charge in [0.05, 0.1) is 30.0 Å². The summed E-state index contributed by atoms with van der Waals surface area (Å²) in [7, 11) is 2.17. The molecule has 0 unspecified atom stereocenters. The Bertz CT molecular complexity index is 858. The normalized spacial score (nSPS) is 15.6. The highest BCUT2D eigenvalue weighted by molar-refractivity contribution is 8.93. The Labute approximate surface area is 190 Å². The second kappa shape index (κ2) is 10.8. The first kappa shape index (κ1) is 25.2. The first-order valence-electron chi connectivity index (χ1n) is 8.87. The van der Waals surface area contributed by atoms with Crippen molar-refractivity contribution in [1.82, 2.24) is 4.90 Å². The number of nitrogens with zero attached hydrogens (tertiary/aromatic N) is 4. The number of quaternary nitrogens is 1. The predicted molar refractivity (Wildman–Crippen MR) is 111 cm³/mol. The lowest BCUT2D eigenvalue weighted by Gasteiger charge is -2.42. The van der Waals surface area contributed by atoms with Gasteiger partial charge < -0.3 is 21.5 Å². The fourth-order valence-electron chi connectivity index (χ4n) is 3.54. The molecule has 0 saturated carbocycles. The molecule has 0 bridgehead atoms. The third-order valence-electron chi connectivity index (χ3n) is 5.13. The molecule has 2 aromatic carbocycles. The van der Waals surface area contributed by atoms with Crippen molar-refractivity contribution in [2.24, 2.45) is 0 Å². The van der Waals surface area contributed by atoms with E-state index in [0.29, 0.717) is 6.54 Å². The first-order chi connectivity index (χ1) is 12.8. The molecule has 0 N–H and O–H groups in total. The second-order valence-electron chi connectivity index (χ2n) is 7.36. The largest absolute Gasteiger partial charge is 1.00 e. The highest BCUT2D eigenvalue weighted by atomic mass is 79.9. The van der Waals surface area contributed by atoms with Crippen molar-refractivity contribution in [1.29, 1.82) is 0 Å². The number of benzene rings is 2. The molecule has 10 heteroatoms. The molecular formula is C19H24Br2N4O4. The van der Waals surface area contributed by atoms with Gasteiger partial charge in [-0.05, 0) is 5.56 Å². The van der Waals surface area contributed by atoms with Gasteiger partial charge in [0.25, 0.3) is 11.4 Å². The third-order valence-corrected chi connectivity index (χ3v) is 5.13. The van der Waals surface area contributed by atoms with Crippen LogP contribution in [-0.2, 0) is 13.1 Å². The van der Waals surface area contributed by atoms with Crippen LogP contribution in [0.5, 0.6) is 0 Å². The minimum Gasteiger partial charge on any atom is -1.00 e. The Morgan fingerprint density at radius 1 is 0.931 bits per heavy atom. The second-order valence-corrected chi connectivity index (χ2v) is 7.36. The summed E-state index contributed by atoms with van der Waals surface area (Å²) in [6.07, 6.45) is 0. The SMILES string of the molecule is Br.C[N+]1(Cc2cccc([N+](=O)[O-])c2)CCN(Cc2cccc([N+](=O)[O-])c2)CC1.[Br-]. The van der Waals surface area contributed by atoms with Crippen molar-refractivity contribution in [3.05, 3.63) is 79.9 Å². The standard InChI is InChI=1S/C19H23N4O4.2BrH/c1-23(15-17-5-3-7-19(13-17)22(26)27)10-8-20(9-11-23)14-16-4-2-6-18(12-16)21(24)25;;/h2-7,12-13H,8-11,14-15H2,1H3;2*1H/q+1;;/p-1. The number of hydrogen-bond donors (Lipinski definition) is 0. The molecule has 1 heterocycles. The average molecular weight is 532 g/mol. The van der Waals surface area contributed by atoms with Crippen LogP contribution in [0, 0.1) is 20.2 Å². The predicted octanol–water partition coefficient (Wildman–Crippen LogP) is 0.547. The van der Waals surface area contributed by atoms with Gasteiger partial charge in [0.15, 0.2) is 0 Å². The molecule has 1 saturated heterocycles. The molecule has 0 aliphatic carbocycles. The van der Waals surface area contributed by atoms with Gasteiger partial charge in [-0.25, -0.2) is 0 Å². The molecule has 1 fully saturated rings. The van der Waals surface area contributed by atoms with E-state index in [1.54, 1.807) is 24.3 Å². The molecule has 0 radical (unpaired) electrons. The van der Waals surface area contributed by atoms with Gasteiger partial charge in [-0.2, -0.15) is 0 Å². The summed E-state index contributed by atoms with van der Waals surface area (Å²) >= 11 is 0. The molecule has 158 valence electrons. The summed E-state index contributed by atoms with van der Waals surface area (Å²) < 4.78 is 0.826. The monoisotopic (exact) mass is 530 g/mol. The van der Waals surface area contributed by atoms with Gasteiger partial charge in [-0.15, -0.1) is 17.0 Å². The fraction of sp³-hybridized carbons (Fsp3) is 0.368. The molecule has 3 rings (SSSR count). The van der Waals surface area contributed by atoms with E-state index in [4.69, 9.17) is 0 Å². The van der Waals surface area contributed by atoms with Crippen LogP contribution < -0.4 is 17.0 Å². The van der Waals surface area contributed by atoms with Crippen LogP contribution >= 0.6 is 17.0 Å². The number of nitro groups is 2. The molecule has 0 amide bonds. The lowest BCUT2D eigenvalue weighted by Crippen LogP contribution is -3.00. The van der Waals surface area contributed by atoms with E-state index < -0.39 is 0 Å². The van der Waals surface area contributed by atoms with Crippen LogP contribution in [0.3, 0.4) is 0 Å². The quantitative estimate of drug-likeness (QED) is 0.308. The minimum absolute atomic E-state index is 0. The Kier molecular flexibility index (Phi) is 9.34. The molecule has 29 heavy (non-hydrogen) atoms. The summed E-state index contributed by atoms with van der Waals surface area (Å²) in [5.74, 6) is 0. The minimum atomic E-state index is -0.368. The molecule has 1 aliphatic rings. The van der Waals surface area contributed by atoms with Crippen LogP contribution in [0.1, 0.15) is 11.1 Å². The molecule has 0 spiro atoms. The van der Waals surface area contributed by atoms with Crippen molar-refractivity contribution in [2.45, 2.75) is 13.1 Å². The Morgan fingerprint density at radius 2 is 1.41 bits per heavy atom. The molecule has 0 aromatic heterocycles. The first-order valence-corrected chi connectivity index (χ1v) is 8.87. The number of nitro benzene ring substituents is 2. The number of hydrogen-bond acceptors (Lipinski definition) is 5. The van der Waals surface area contributed by atoms with Crippen molar-refractivity contribution in [2.75, 3.05) is 33.2 Å². The number of non-ortho nitro benzene ring substituents is 2. The average Bonchev–Trinajstić information content (AvgIpc) is 2.64. The molecule has 8 nitrogen and oxygen atoms in total. The van der Waals surface area contributed by atoms with Crippen molar-refractivity contribution in [3.63, 3.8) is 0 Å². The topological polar surface area (TPSA) is 89.5 Å². The van der Waals surface area contributed by atoms with Gasteiger partial charge in [-0.1, -0.05) is 24.3 Å². The Morgan fingerprint density at radius 3 is 1.93 bits per heavy atom. The summed E-state index contributed by atoms with van der Waals surface area (Å²) in [5, 5.41) is 21.9. The van der Waals surface area contributed by atoms with Crippen molar-refractivity contribution >= 4 is 28.4 Å². The van der Waals surface area contributed by atoms with Gasteiger partial charge in [0.2, 0.25) is 0 Å². The zero-order valence-corrected chi connectivity index (χ0v) is 19.4. The summed E-state index contributed by atoms with van der Waals surface area (Å²) in [4.78, 5) is 23.4. The van der Waals surface area contributed by atoms with Crippen LogP contribution in [-0.4, -0.2) is 52.5 Å². The molecule has 2 aromatic rings. The van der Waals surface area contributed by atoms with Crippen molar-refractivity contribution in [3.8, 4) is 0 Å². The Balaban J connectivity index is 0.00000210. The summed E-state index contributed by atoms with van der Waals surface area (Å²) in [6.45, 7) is 5.07. The number of likely N-dealkylation sites (N-methyl/N-ethyl adjacent to an activating group) is 1. The number of halogens is 2. The van der Waals surface area contributed by atoms with Gasteiger partial charge in [0, 0.05) is 49.5 Å². The van der Waals surface area contributed by atoms with E-state index >= 15 is 0 Å². The highest BCUT2D eigenvalue weighted by Gasteiger charge is 2.29. The van der Waals surface area contributed by atoms with Gasteiger partial charge >= 0.3 is 0 Å². The maximum Gasteiger partial charge on any atom is 0.269 e. The van der Waals surface area contributed by atoms with Crippen LogP contribution in [0.4, 0.5) is 11.4 Å². The summed E-state index contributed by atoms with van der Waals surface area (Å²) in [5.41, 5.74) is 2.16. The van der Waals surface area contributed by atoms with Crippen LogP contribution in [0.15, 0.2) is 48.5 Å². The van der Waals surface area contributed by atoms with E-state index in [-0.39, 0.29) is 55.2 Å². The summed E-state index contributed by atoms with van der Waals surface area (Å²) in [6, 6.07) is 13.6. The van der Waals surface area contributed by atoms with Crippen LogP contribution in [0.25, 0.3) is 0 Å². The van der Waals surface area contributed by atoms with E-state index in [1.165, 1.54) is 12.1 Å². The van der Waals surface area contributed by atoms with E-state index in [2.05, 4.69) is 11.9 Å². The van der Waals surface area contributed by atoms with Crippen molar-refractivity contribution < 1.29 is 31.3 Å². The fourth-order valence-corrected chi connectivity index (χ4v) is 3.54. The molecule has 0 atom stereocenters. The molecular weight excluding hydrogens is 508 g/mol. The third kappa shape index (κ3) is 6.84. The van der Waals surface area contributed by atoms with E-state index in [0.717, 1.165) is 48.3 Å². The number of piperazine rings is 1. The van der Waals surface area contributed by atoms with Gasteiger partial charge in [-0.3, -0.25) is 25.1 Å². The maximum absolute atomic E-state index is 11.0. The number of rotatable bonds is 6. The lowest BCUT2D eigenvalue weighted by molar-refractivity contribution is -0.926. The zero-order chi connectivity index (χ0) is 19.4. The highest BCUT2D eigenvalue weighted by Crippen LogP contribution is 2.21. The smallest absolute Gasteiger partial charge is 0.269 e. The van der Waals surface area contributed by atoms with E-state index in [1.807, 2.05) is 12.1 Å². The maximum atomic E-state index is 11.0. The van der Waals surface area contributed by atoms with Crippen LogP contribution in [0.2, 0.25) is 0 Å². The van der Waals surface area contributed by atoms with Gasteiger partial charge in [0.1, 0.15) is 6.54 Å². The zero-order valence-electron chi connectivity index (χ0n) is 16.1. The lowest BCUT2D eigenvalue weighted by atomic mass is 10.1. The molecule has 1 aliphatic heterocycles. The van der Waals surface area contributed by atoms with E-state index in [9.17, 15) is 20.2 Å².